The Morgan fingerprint density at radius 1 is 0.968 bits per heavy atom. The normalized spacial score (nSPS) is 13.2. The first-order chi connectivity index (χ1) is 14.5. The number of nitrogens with one attached hydrogen (secondary N) is 2. The zero-order chi connectivity index (χ0) is 23.2. The van der Waals surface area contributed by atoms with E-state index in [1.54, 1.807) is 0 Å². The average molecular weight is 439 g/mol. The average Bonchev–Trinajstić information content (AvgIpc) is 2.66. The van der Waals surface area contributed by atoms with Crippen LogP contribution in [0, 0.1) is 5.82 Å². The molecule has 0 heterocycles. The van der Waals surface area contributed by atoms with Gasteiger partial charge in [0.25, 0.3) is 0 Å². The highest BCUT2D eigenvalue weighted by Gasteiger charge is 2.34. The molecule has 2 aromatic carbocycles. The van der Waals surface area contributed by atoms with E-state index in [2.05, 4.69) is 10.6 Å². The van der Waals surface area contributed by atoms with E-state index in [1.165, 1.54) is 42.5 Å². The summed E-state index contributed by atoms with van der Waals surface area (Å²) in [6.45, 7) is 1.16. The molecule has 6 nitrogen and oxygen atoms in total. The third-order valence-corrected chi connectivity index (χ3v) is 4.43. The molecule has 0 unspecified atom stereocenters. The van der Waals surface area contributed by atoms with Gasteiger partial charge in [-0.15, -0.1) is 0 Å². The summed E-state index contributed by atoms with van der Waals surface area (Å²) in [4.78, 5) is 36.0. The van der Waals surface area contributed by atoms with Crippen molar-refractivity contribution in [1.29, 1.82) is 0 Å². The van der Waals surface area contributed by atoms with Crippen LogP contribution in [-0.4, -0.2) is 29.8 Å². The van der Waals surface area contributed by atoms with E-state index in [4.69, 9.17) is 5.73 Å². The van der Waals surface area contributed by atoms with Crippen LogP contribution in [0.5, 0.6) is 0 Å². The second-order valence-electron chi connectivity index (χ2n) is 6.91. The fraction of sp³-hybridized carbons (Fsp3) is 0.286. The van der Waals surface area contributed by atoms with Crippen LogP contribution in [0.25, 0.3) is 0 Å². The van der Waals surface area contributed by atoms with E-state index in [9.17, 15) is 31.9 Å². The van der Waals surface area contributed by atoms with Crippen molar-refractivity contribution in [3.63, 3.8) is 0 Å². The van der Waals surface area contributed by atoms with Gasteiger partial charge in [0.05, 0.1) is 5.56 Å². The SMILES string of the molecule is CC(=O)N[C@H](Cc1cccc(F)c1)C(=O)N[C@@H](Cc1ccccc1C(F)(F)F)C(N)=O. The molecular formula is C21H21F4N3O3. The number of rotatable bonds is 8. The molecule has 0 aliphatic carbocycles. The Kier molecular flexibility index (Phi) is 7.73. The van der Waals surface area contributed by atoms with Crippen molar-refractivity contribution in [2.45, 2.75) is 38.0 Å². The summed E-state index contributed by atoms with van der Waals surface area (Å²) in [5, 5.41) is 4.68. The second-order valence-corrected chi connectivity index (χ2v) is 6.91. The molecule has 10 heteroatoms. The van der Waals surface area contributed by atoms with Gasteiger partial charge in [0, 0.05) is 19.8 Å². The summed E-state index contributed by atoms with van der Waals surface area (Å²) in [6, 6.07) is 7.31. The Morgan fingerprint density at radius 3 is 2.23 bits per heavy atom. The first-order valence-corrected chi connectivity index (χ1v) is 9.23. The van der Waals surface area contributed by atoms with Gasteiger partial charge in [0.15, 0.2) is 0 Å². The third kappa shape index (κ3) is 7.09. The van der Waals surface area contributed by atoms with Crippen LogP contribution in [0.4, 0.5) is 17.6 Å². The van der Waals surface area contributed by atoms with E-state index in [-0.39, 0.29) is 12.0 Å². The van der Waals surface area contributed by atoms with E-state index in [0.717, 1.165) is 13.0 Å². The molecule has 0 radical (unpaired) electrons. The van der Waals surface area contributed by atoms with Crippen LogP contribution >= 0.6 is 0 Å². The van der Waals surface area contributed by atoms with Gasteiger partial charge in [-0.2, -0.15) is 13.2 Å². The molecule has 0 saturated heterocycles. The van der Waals surface area contributed by atoms with Crippen molar-refractivity contribution in [1.82, 2.24) is 10.6 Å². The fourth-order valence-corrected chi connectivity index (χ4v) is 3.04. The molecule has 0 spiro atoms. The molecular weight excluding hydrogens is 418 g/mol. The number of alkyl halides is 3. The molecule has 2 atom stereocenters. The molecule has 2 aromatic rings. The van der Waals surface area contributed by atoms with Crippen molar-refractivity contribution in [3.8, 4) is 0 Å². The van der Waals surface area contributed by atoms with Crippen LogP contribution in [0.3, 0.4) is 0 Å². The van der Waals surface area contributed by atoms with Gasteiger partial charge < -0.3 is 16.4 Å². The van der Waals surface area contributed by atoms with Crippen molar-refractivity contribution < 1.29 is 31.9 Å². The minimum absolute atomic E-state index is 0.103. The summed E-state index contributed by atoms with van der Waals surface area (Å²) >= 11 is 0. The number of primary amides is 1. The van der Waals surface area contributed by atoms with Gasteiger partial charge in [-0.3, -0.25) is 14.4 Å². The lowest BCUT2D eigenvalue weighted by Crippen LogP contribution is -2.54. The predicted octanol–water partition coefficient (Wildman–Crippen LogP) is 2.10. The lowest BCUT2D eigenvalue weighted by Gasteiger charge is -2.23. The summed E-state index contributed by atoms with van der Waals surface area (Å²) in [7, 11) is 0. The van der Waals surface area contributed by atoms with Crippen molar-refractivity contribution >= 4 is 17.7 Å². The monoisotopic (exact) mass is 439 g/mol. The maximum Gasteiger partial charge on any atom is 0.416 e. The Bertz CT molecular complexity index is 963. The number of carbonyl (C=O) groups is 3. The highest BCUT2D eigenvalue weighted by atomic mass is 19.4. The molecule has 0 fully saturated rings. The van der Waals surface area contributed by atoms with Crippen molar-refractivity contribution in [2.24, 2.45) is 5.73 Å². The highest BCUT2D eigenvalue weighted by Crippen LogP contribution is 2.32. The maximum absolute atomic E-state index is 13.4. The molecule has 3 amide bonds. The smallest absolute Gasteiger partial charge is 0.368 e. The minimum Gasteiger partial charge on any atom is -0.368 e. The molecule has 166 valence electrons. The number of hydrogen-bond acceptors (Lipinski definition) is 3. The van der Waals surface area contributed by atoms with Crippen molar-refractivity contribution in [2.75, 3.05) is 0 Å². The number of benzene rings is 2. The van der Waals surface area contributed by atoms with E-state index < -0.39 is 53.8 Å². The Hall–Kier alpha value is -3.43. The zero-order valence-electron chi connectivity index (χ0n) is 16.5. The Labute approximate surface area is 175 Å². The zero-order valence-corrected chi connectivity index (χ0v) is 16.5. The number of carbonyl (C=O) groups excluding carboxylic acids is 3. The Morgan fingerprint density at radius 2 is 1.65 bits per heavy atom. The van der Waals surface area contributed by atoms with Gasteiger partial charge in [0.1, 0.15) is 17.9 Å². The van der Waals surface area contributed by atoms with Gasteiger partial charge in [-0.25, -0.2) is 4.39 Å². The topological polar surface area (TPSA) is 101 Å². The van der Waals surface area contributed by atoms with Crippen LogP contribution in [-0.2, 0) is 33.4 Å². The standard InChI is InChI=1S/C21H21F4N3O3/c1-12(29)27-18(10-13-5-4-7-15(22)9-13)20(31)28-17(19(26)30)11-14-6-2-3-8-16(14)21(23,24)25/h2-9,17-18H,10-11H2,1H3,(H2,26,30)(H,27,29)(H,28,31)/t17-,18+/m0/s1. The molecule has 0 aliphatic heterocycles. The van der Waals surface area contributed by atoms with Gasteiger partial charge in [0.2, 0.25) is 17.7 Å². The molecule has 0 saturated carbocycles. The Balaban J connectivity index is 2.23. The number of nitrogens with two attached hydrogens (primary N) is 1. The van der Waals surface area contributed by atoms with Crippen LogP contribution < -0.4 is 16.4 Å². The molecule has 0 aliphatic rings. The lowest BCUT2D eigenvalue weighted by atomic mass is 9.98. The van der Waals surface area contributed by atoms with Crippen LogP contribution in [0.2, 0.25) is 0 Å². The lowest BCUT2D eigenvalue weighted by molar-refractivity contribution is -0.138. The van der Waals surface area contributed by atoms with Crippen LogP contribution in [0.1, 0.15) is 23.6 Å². The molecule has 4 N–H and O–H groups in total. The summed E-state index contributed by atoms with van der Waals surface area (Å²) in [6.07, 6.45) is -5.25. The van der Waals surface area contributed by atoms with E-state index in [0.29, 0.717) is 5.56 Å². The molecule has 0 bridgehead atoms. The molecule has 31 heavy (non-hydrogen) atoms. The molecule has 0 aromatic heterocycles. The second kappa shape index (κ2) is 10.1. The minimum atomic E-state index is -4.65. The van der Waals surface area contributed by atoms with Gasteiger partial charge >= 0.3 is 6.18 Å². The summed E-state index contributed by atoms with van der Waals surface area (Å²) < 4.78 is 53.1. The third-order valence-electron chi connectivity index (χ3n) is 4.43. The highest BCUT2D eigenvalue weighted by molar-refractivity contribution is 5.91. The first kappa shape index (κ1) is 23.8. The van der Waals surface area contributed by atoms with Crippen molar-refractivity contribution in [3.05, 3.63) is 71.0 Å². The summed E-state index contributed by atoms with van der Waals surface area (Å²) in [5.74, 6) is -2.99. The predicted molar refractivity (Wildman–Crippen MR) is 104 cm³/mol. The van der Waals surface area contributed by atoms with Gasteiger partial charge in [-0.1, -0.05) is 30.3 Å². The quantitative estimate of drug-likeness (QED) is 0.549. The maximum atomic E-state index is 13.4. The number of halogens is 4. The van der Waals surface area contributed by atoms with Crippen LogP contribution in [0.15, 0.2) is 48.5 Å². The number of hydrogen-bond donors (Lipinski definition) is 3. The van der Waals surface area contributed by atoms with E-state index >= 15 is 0 Å². The van der Waals surface area contributed by atoms with Gasteiger partial charge in [-0.05, 0) is 29.3 Å². The fourth-order valence-electron chi connectivity index (χ4n) is 3.04. The number of amides is 3. The van der Waals surface area contributed by atoms with E-state index in [1.807, 2.05) is 0 Å². The molecule has 2 rings (SSSR count). The summed E-state index contributed by atoms with van der Waals surface area (Å²) in [5.41, 5.74) is 4.52. The largest absolute Gasteiger partial charge is 0.416 e. The first-order valence-electron chi connectivity index (χ1n) is 9.23.